The molecule has 0 rings (SSSR count). The summed E-state index contributed by atoms with van der Waals surface area (Å²) in [7, 11) is 0. The molecule has 0 amide bonds. The van der Waals surface area contributed by atoms with Crippen LogP contribution in [0.1, 0.15) is 11.0 Å². The summed E-state index contributed by atoms with van der Waals surface area (Å²) in [6, 6.07) is 1.77. The number of rotatable bonds is 0. The van der Waals surface area contributed by atoms with Gasteiger partial charge >= 0.3 is 0 Å². The Morgan fingerprint density at radius 2 is 3.00 bits per heavy atom. The molecule has 0 aliphatic rings. The average Bonchev–Trinajstić information content (AvgIpc) is 1.59. The van der Waals surface area contributed by atoms with Gasteiger partial charge in [0, 0.05) is 4.11 Å². The van der Waals surface area contributed by atoms with Crippen LogP contribution in [0.25, 0.3) is 4.85 Å². The Morgan fingerprint density at radius 3 is 3.20 bits per heavy atom. The van der Waals surface area contributed by atoms with Gasteiger partial charge < -0.3 is 0 Å². The second-order valence-electron chi connectivity index (χ2n) is 0.349. The van der Waals surface area contributed by atoms with Gasteiger partial charge in [-0.05, 0) is 6.85 Å². The van der Waals surface area contributed by atoms with Crippen LogP contribution in [0.15, 0.2) is 0 Å². The first-order chi connectivity index (χ1) is 3.56. The third kappa shape index (κ3) is 3.05. The topological polar surface area (TPSA) is 4.36 Å². The highest BCUT2D eigenvalue weighted by Crippen LogP contribution is 1.49. The summed E-state index contributed by atoms with van der Waals surface area (Å²) in [5.41, 5.74) is 0. The van der Waals surface area contributed by atoms with Crippen molar-refractivity contribution in [1.82, 2.24) is 0 Å². The number of nitrogens with zero attached hydrogens (tertiary/aromatic N) is 1. The van der Waals surface area contributed by atoms with Crippen molar-refractivity contribution in [3.63, 3.8) is 0 Å². The minimum Gasteiger partial charge on any atom is -0.194 e. The van der Waals surface area contributed by atoms with Gasteiger partial charge in [-0.15, -0.1) is 5.92 Å². The van der Waals surface area contributed by atoms with Gasteiger partial charge in [0.1, 0.15) is 12.6 Å². The molecule has 1 nitrogen and oxygen atoms in total. The predicted octanol–water partition coefficient (Wildman–Crippen LogP) is 0.886. The molecular weight excluding hydrogens is 62.1 g/mol. The van der Waals surface area contributed by atoms with Gasteiger partial charge in [-0.1, -0.05) is 0 Å². The lowest BCUT2D eigenvalue weighted by Crippen LogP contribution is -1.30. The molecule has 0 saturated heterocycles. The fourth-order valence-electron chi connectivity index (χ4n) is 0.0280. The van der Waals surface area contributed by atoms with E-state index in [0.717, 1.165) is 0 Å². The molecule has 0 aliphatic carbocycles. The number of hydrogen-bond donors (Lipinski definition) is 0. The van der Waals surface area contributed by atoms with E-state index in [1.54, 1.807) is 12.0 Å². The molecule has 0 radical (unpaired) electrons. The second kappa shape index (κ2) is 3.05. The Kier molecular flexibility index (Phi) is 0.628. The van der Waals surface area contributed by atoms with Crippen LogP contribution in [0.5, 0.6) is 0 Å². The largest absolute Gasteiger partial charge is 0.194 e. The summed E-state index contributed by atoms with van der Waals surface area (Å²) < 4.78 is 19.4. The lowest BCUT2D eigenvalue weighted by atomic mass is 10.8. The third-order valence-corrected chi connectivity index (χ3v) is 0.112. The lowest BCUT2D eigenvalue weighted by molar-refractivity contribution is 1.91. The first-order valence-electron chi connectivity index (χ1n) is 2.45. The standard InChI is InChI=1S/C4H3N/c1-3-4-5-2/h1H3/i1D3. The van der Waals surface area contributed by atoms with Crippen molar-refractivity contribution in [2.75, 3.05) is 0 Å². The van der Waals surface area contributed by atoms with Crippen molar-refractivity contribution in [1.29, 1.82) is 0 Å². The van der Waals surface area contributed by atoms with E-state index < -0.39 is 6.85 Å². The molecule has 0 heterocycles. The molecule has 5 heavy (non-hydrogen) atoms. The fraction of sp³-hybridized carbons (Fsp3) is 0.250. The van der Waals surface area contributed by atoms with Crippen molar-refractivity contribution in [2.45, 2.75) is 6.85 Å². The maximum atomic E-state index is 6.45. The summed E-state index contributed by atoms with van der Waals surface area (Å²) in [5, 5.41) is 0. The van der Waals surface area contributed by atoms with Crippen LogP contribution in [0.4, 0.5) is 0 Å². The van der Waals surface area contributed by atoms with Gasteiger partial charge in [0.2, 0.25) is 0 Å². The minimum absolute atomic E-state index is 1.77. The lowest BCUT2D eigenvalue weighted by Gasteiger charge is -1.43. The van der Waals surface area contributed by atoms with Crippen LogP contribution in [-0.2, 0) is 0 Å². The smallest absolute Gasteiger partial charge is 0.132 e. The Labute approximate surface area is 35.7 Å². The Bertz CT molecular complexity index is 162. The first-order valence-corrected chi connectivity index (χ1v) is 0.947. The van der Waals surface area contributed by atoms with Crippen LogP contribution < -0.4 is 0 Å². The van der Waals surface area contributed by atoms with Crippen molar-refractivity contribution < 1.29 is 4.11 Å². The maximum absolute atomic E-state index is 6.45. The summed E-state index contributed by atoms with van der Waals surface area (Å²) in [6.45, 7) is 3.81. The molecule has 0 spiro atoms. The molecule has 0 N–H and O–H groups in total. The van der Waals surface area contributed by atoms with E-state index in [1.165, 1.54) is 0 Å². The van der Waals surface area contributed by atoms with Crippen LogP contribution >= 0.6 is 0 Å². The zero-order chi connectivity index (χ0) is 6.62. The highest BCUT2D eigenvalue weighted by Gasteiger charge is 1.36. The van der Waals surface area contributed by atoms with Crippen LogP contribution in [0, 0.1) is 18.5 Å². The molecule has 0 atom stereocenters. The van der Waals surface area contributed by atoms with Crippen molar-refractivity contribution in [3.8, 4) is 12.0 Å². The molecule has 0 aliphatic heterocycles. The van der Waals surface area contributed by atoms with Crippen molar-refractivity contribution in [3.05, 3.63) is 11.4 Å². The third-order valence-electron chi connectivity index (χ3n) is 0.112. The molecule has 0 bridgehead atoms. The molecule has 0 aromatic heterocycles. The first kappa shape index (κ1) is 1.03. The average molecular weight is 68.1 g/mol. The predicted molar refractivity (Wildman–Crippen MR) is 20.1 cm³/mol. The van der Waals surface area contributed by atoms with E-state index in [-0.39, 0.29) is 0 Å². The number of hydrogen-bond acceptors (Lipinski definition) is 0. The molecule has 1 heteroatoms. The van der Waals surface area contributed by atoms with E-state index in [4.69, 9.17) is 10.7 Å². The molecule has 24 valence electrons. The van der Waals surface area contributed by atoms with Gasteiger partial charge in [-0.2, -0.15) is 4.85 Å². The normalized spacial score (nSPS) is 14.6. The zero-order valence-corrected chi connectivity index (χ0v) is 2.45. The molecular formula is C4H3N. The summed E-state index contributed by atoms with van der Waals surface area (Å²) in [6.07, 6.45) is 0. The Hall–Kier alpha value is -0.950. The zero-order valence-electron chi connectivity index (χ0n) is 5.45. The van der Waals surface area contributed by atoms with Gasteiger partial charge in [-0.25, -0.2) is 0 Å². The highest BCUT2D eigenvalue weighted by molar-refractivity contribution is 5.02. The summed E-state index contributed by atoms with van der Waals surface area (Å²) in [4.78, 5) is 2.55. The van der Waals surface area contributed by atoms with E-state index in [0.29, 0.717) is 0 Å². The van der Waals surface area contributed by atoms with E-state index in [2.05, 4.69) is 4.85 Å². The summed E-state index contributed by atoms with van der Waals surface area (Å²) >= 11 is 0. The SMILES string of the molecule is [2H]C([2H])([2H])C#C[N+]#[C-]. The van der Waals surface area contributed by atoms with Gasteiger partial charge in [0.05, 0.1) is 0 Å². The van der Waals surface area contributed by atoms with Gasteiger partial charge in [0.15, 0.2) is 0 Å². The van der Waals surface area contributed by atoms with Crippen LogP contribution in [0.2, 0.25) is 0 Å². The van der Waals surface area contributed by atoms with Crippen molar-refractivity contribution >= 4 is 0 Å². The molecule has 0 saturated carbocycles. The maximum Gasteiger partial charge on any atom is 0.132 e. The van der Waals surface area contributed by atoms with E-state index >= 15 is 0 Å². The summed E-state index contributed by atoms with van der Waals surface area (Å²) in [5.74, 6) is 1.77. The van der Waals surface area contributed by atoms with Crippen molar-refractivity contribution in [2.24, 2.45) is 0 Å². The van der Waals surface area contributed by atoms with E-state index in [1.807, 2.05) is 0 Å². The Morgan fingerprint density at radius 1 is 2.20 bits per heavy atom. The Balaban J connectivity index is 3.93. The molecule has 0 unspecified atom stereocenters. The second-order valence-corrected chi connectivity index (χ2v) is 0.349. The molecule has 0 fully saturated rings. The quantitative estimate of drug-likeness (QED) is 0.293. The highest BCUT2D eigenvalue weighted by atomic mass is 14.6. The molecule has 0 aromatic carbocycles. The van der Waals surface area contributed by atoms with Gasteiger partial charge in [0.25, 0.3) is 0 Å². The molecule has 0 aromatic rings. The van der Waals surface area contributed by atoms with E-state index in [9.17, 15) is 0 Å². The van der Waals surface area contributed by atoms with Gasteiger partial charge in [-0.3, -0.25) is 0 Å². The van der Waals surface area contributed by atoms with Crippen LogP contribution in [-0.4, -0.2) is 0 Å². The fourth-order valence-corrected chi connectivity index (χ4v) is 0.0280. The van der Waals surface area contributed by atoms with Crippen LogP contribution in [0.3, 0.4) is 0 Å². The monoisotopic (exact) mass is 68.0 g/mol. The minimum atomic E-state index is -2.27.